The zero-order chi connectivity index (χ0) is 9.84. The van der Waals surface area contributed by atoms with E-state index in [1.807, 2.05) is 6.26 Å². The Bertz CT molecular complexity index is 326. The number of hydrogen-bond acceptors (Lipinski definition) is 4. The fourth-order valence-electron chi connectivity index (χ4n) is 0.903. The molecule has 70 valence electrons. The number of aryl methyl sites for hydroxylation is 1. The van der Waals surface area contributed by atoms with Crippen molar-refractivity contribution in [2.75, 3.05) is 6.26 Å². The van der Waals surface area contributed by atoms with Crippen LogP contribution in [0.15, 0.2) is 17.7 Å². The molecular formula is C9H11NOS2. The Hall–Kier alpha value is -0.610. The highest BCUT2D eigenvalue weighted by molar-refractivity contribution is 8.76. The highest BCUT2D eigenvalue weighted by Gasteiger charge is 2.09. The van der Waals surface area contributed by atoms with Crippen LogP contribution in [0.5, 0.6) is 5.75 Å². The van der Waals surface area contributed by atoms with Crippen LogP contribution in [0.1, 0.15) is 11.3 Å². The fourth-order valence-corrected chi connectivity index (χ4v) is 2.55. The number of nitrogens with zero attached hydrogens (tertiary/aromatic N) is 1. The summed E-state index contributed by atoms with van der Waals surface area (Å²) in [5.74, 6) is 0.261. The monoisotopic (exact) mass is 213 g/mol. The second-order valence-electron chi connectivity index (χ2n) is 2.43. The van der Waals surface area contributed by atoms with Gasteiger partial charge in [-0.2, -0.15) is 0 Å². The molecule has 4 heteroatoms. The van der Waals surface area contributed by atoms with Crippen molar-refractivity contribution in [2.24, 2.45) is 0 Å². The van der Waals surface area contributed by atoms with Gasteiger partial charge in [-0.05, 0) is 13.2 Å². The van der Waals surface area contributed by atoms with Gasteiger partial charge in [0.1, 0.15) is 0 Å². The van der Waals surface area contributed by atoms with Crippen molar-refractivity contribution in [1.29, 1.82) is 0 Å². The second-order valence-corrected chi connectivity index (χ2v) is 4.84. The van der Waals surface area contributed by atoms with Gasteiger partial charge in [-0.1, -0.05) is 34.2 Å². The van der Waals surface area contributed by atoms with Gasteiger partial charge in [-0.3, -0.25) is 4.98 Å². The smallest absolute Gasteiger partial charge is 0.151 e. The summed E-state index contributed by atoms with van der Waals surface area (Å²) in [6.07, 6.45) is 5.39. The molecule has 0 amide bonds. The summed E-state index contributed by atoms with van der Waals surface area (Å²) in [6.45, 7) is 5.46. The molecule has 0 saturated heterocycles. The molecule has 2 nitrogen and oxygen atoms in total. The Labute approximate surface area is 85.9 Å². The molecule has 0 atom stereocenters. The van der Waals surface area contributed by atoms with Crippen LogP contribution in [-0.2, 0) is 0 Å². The van der Waals surface area contributed by atoms with Gasteiger partial charge in [0.2, 0.25) is 0 Å². The molecule has 0 aliphatic carbocycles. The standard InChI is InChI=1S/C9H11NOS2/c1-4-7-5-10-6(2)8(11)9(7)13-12-3/h4-5,11H,1H2,2-3H3. The van der Waals surface area contributed by atoms with Crippen molar-refractivity contribution >= 4 is 27.7 Å². The van der Waals surface area contributed by atoms with E-state index in [9.17, 15) is 5.11 Å². The number of aromatic nitrogens is 1. The van der Waals surface area contributed by atoms with E-state index in [2.05, 4.69) is 11.6 Å². The summed E-state index contributed by atoms with van der Waals surface area (Å²) in [6, 6.07) is 0. The lowest BCUT2D eigenvalue weighted by Gasteiger charge is -2.07. The topological polar surface area (TPSA) is 33.1 Å². The number of hydrogen-bond donors (Lipinski definition) is 1. The largest absolute Gasteiger partial charge is 0.505 e. The van der Waals surface area contributed by atoms with Crippen LogP contribution in [0.3, 0.4) is 0 Å². The summed E-state index contributed by atoms with van der Waals surface area (Å²) in [5, 5.41) is 9.70. The van der Waals surface area contributed by atoms with Gasteiger partial charge < -0.3 is 5.11 Å². The molecule has 0 fully saturated rings. The molecule has 0 radical (unpaired) electrons. The second kappa shape index (κ2) is 4.58. The lowest BCUT2D eigenvalue weighted by Crippen LogP contribution is -1.87. The van der Waals surface area contributed by atoms with Crippen molar-refractivity contribution in [3.8, 4) is 5.75 Å². The quantitative estimate of drug-likeness (QED) is 0.782. The molecule has 0 spiro atoms. The van der Waals surface area contributed by atoms with E-state index in [0.29, 0.717) is 5.69 Å². The minimum atomic E-state index is 0.261. The number of aromatic hydroxyl groups is 1. The van der Waals surface area contributed by atoms with Crippen molar-refractivity contribution in [2.45, 2.75) is 11.8 Å². The Morgan fingerprint density at radius 3 is 2.85 bits per heavy atom. The third-order valence-corrected chi connectivity index (χ3v) is 3.37. The molecule has 0 saturated carbocycles. The van der Waals surface area contributed by atoms with Crippen LogP contribution < -0.4 is 0 Å². The number of pyridine rings is 1. The van der Waals surface area contributed by atoms with Gasteiger partial charge in [0.25, 0.3) is 0 Å². The Kier molecular flexibility index (Phi) is 3.69. The summed E-state index contributed by atoms with van der Waals surface area (Å²) in [5.41, 5.74) is 1.53. The molecule has 0 unspecified atom stereocenters. The fraction of sp³-hybridized carbons (Fsp3) is 0.222. The lowest BCUT2D eigenvalue weighted by molar-refractivity contribution is 0.454. The molecule has 0 aliphatic heterocycles. The summed E-state index contributed by atoms with van der Waals surface area (Å²) >= 11 is 0. The van der Waals surface area contributed by atoms with Gasteiger partial charge in [-0.15, -0.1) is 0 Å². The first-order valence-electron chi connectivity index (χ1n) is 3.72. The molecule has 1 heterocycles. The average Bonchev–Trinajstić information content (AvgIpc) is 2.14. The average molecular weight is 213 g/mol. The van der Waals surface area contributed by atoms with Gasteiger partial charge in [0.15, 0.2) is 5.75 Å². The van der Waals surface area contributed by atoms with Crippen molar-refractivity contribution in [1.82, 2.24) is 4.98 Å². The van der Waals surface area contributed by atoms with Crippen LogP contribution >= 0.6 is 21.6 Å². The van der Waals surface area contributed by atoms with E-state index in [1.165, 1.54) is 10.8 Å². The third-order valence-electron chi connectivity index (χ3n) is 1.60. The van der Waals surface area contributed by atoms with E-state index < -0.39 is 0 Å². The van der Waals surface area contributed by atoms with Gasteiger partial charge in [-0.25, -0.2) is 0 Å². The van der Waals surface area contributed by atoms with Crippen LogP contribution in [0.2, 0.25) is 0 Å². The zero-order valence-corrected chi connectivity index (χ0v) is 9.21. The molecule has 1 aromatic heterocycles. The number of rotatable bonds is 3. The van der Waals surface area contributed by atoms with E-state index in [4.69, 9.17) is 0 Å². The molecule has 0 aromatic carbocycles. The summed E-state index contributed by atoms with van der Waals surface area (Å²) in [4.78, 5) is 4.89. The summed E-state index contributed by atoms with van der Waals surface area (Å²) < 4.78 is 0. The van der Waals surface area contributed by atoms with E-state index in [-0.39, 0.29) is 5.75 Å². The van der Waals surface area contributed by atoms with Gasteiger partial charge >= 0.3 is 0 Å². The van der Waals surface area contributed by atoms with Gasteiger partial charge in [0, 0.05) is 11.8 Å². The van der Waals surface area contributed by atoms with E-state index >= 15 is 0 Å². The first-order chi connectivity index (χ1) is 6.20. The van der Waals surface area contributed by atoms with Crippen LogP contribution in [0.25, 0.3) is 6.08 Å². The Morgan fingerprint density at radius 2 is 2.31 bits per heavy atom. The van der Waals surface area contributed by atoms with E-state index in [0.717, 1.165) is 10.5 Å². The van der Waals surface area contributed by atoms with Crippen LogP contribution in [-0.4, -0.2) is 16.3 Å². The molecule has 13 heavy (non-hydrogen) atoms. The first-order valence-corrected chi connectivity index (χ1v) is 6.28. The molecule has 1 rings (SSSR count). The van der Waals surface area contributed by atoms with Gasteiger partial charge in [0.05, 0.1) is 10.6 Å². The molecular weight excluding hydrogens is 202 g/mol. The van der Waals surface area contributed by atoms with Crippen LogP contribution in [0.4, 0.5) is 0 Å². The van der Waals surface area contributed by atoms with Crippen molar-refractivity contribution < 1.29 is 5.11 Å². The SMILES string of the molecule is C=Cc1cnc(C)c(O)c1SSC. The predicted octanol–water partition coefficient (Wildman–Crippen LogP) is 3.11. The molecule has 1 N–H and O–H groups in total. The summed E-state index contributed by atoms with van der Waals surface area (Å²) in [7, 11) is 3.11. The lowest BCUT2D eigenvalue weighted by atomic mass is 10.2. The third kappa shape index (κ3) is 2.19. The Balaban J connectivity index is 3.23. The van der Waals surface area contributed by atoms with Crippen molar-refractivity contribution in [3.63, 3.8) is 0 Å². The van der Waals surface area contributed by atoms with Crippen LogP contribution in [0, 0.1) is 6.92 Å². The molecule has 0 bridgehead atoms. The maximum absolute atomic E-state index is 9.70. The zero-order valence-electron chi connectivity index (χ0n) is 7.57. The van der Waals surface area contributed by atoms with E-state index in [1.54, 1.807) is 30.0 Å². The highest BCUT2D eigenvalue weighted by Crippen LogP contribution is 2.39. The normalized spacial score (nSPS) is 10.0. The first kappa shape index (κ1) is 10.5. The molecule has 0 aliphatic rings. The molecule has 1 aromatic rings. The van der Waals surface area contributed by atoms with Crippen molar-refractivity contribution in [3.05, 3.63) is 24.0 Å². The highest BCUT2D eigenvalue weighted by atomic mass is 33.1. The minimum Gasteiger partial charge on any atom is -0.505 e. The maximum Gasteiger partial charge on any atom is 0.151 e. The predicted molar refractivity (Wildman–Crippen MR) is 60.1 cm³/mol. The maximum atomic E-state index is 9.70. The Morgan fingerprint density at radius 1 is 1.62 bits per heavy atom. The minimum absolute atomic E-state index is 0.261.